The van der Waals surface area contributed by atoms with Crippen molar-refractivity contribution in [3.63, 3.8) is 0 Å². The lowest BCUT2D eigenvalue weighted by Crippen LogP contribution is -2.25. The van der Waals surface area contributed by atoms with E-state index in [4.69, 9.17) is 9.47 Å². The zero-order chi connectivity index (χ0) is 9.80. The lowest BCUT2D eigenvalue weighted by Gasteiger charge is -2.23. The molecule has 1 saturated heterocycles. The molecule has 14 heavy (non-hydrogen) atoms. The average Bonchev–Trinajstić information content (AvgIpc) is 2.23. The first-order valence-electron chi connectivity index (χ1n) is 4.84. The molecule has 1 aromatic rings. The largest absolute Gasteiger partial charge is 0.490 e. The standard InChI is InChI=1S/C11H13FO2/c12-9-1-3-10(4-2-9)14-11-5-7-13-8-6-11/h1-4,11H,5-8H2. The number of halogens is 1. The monoisotopic (exact) mass is 196 g/mol. The van der Waals surface area contributed by atoms with E-state index in [1.165, 1.54) is 12.1 Å². The molecule has 2 rings (SSSR count). The first kappa shape index (κ1) is 9.46. The van der Waals surface area contributed by atoms with E-state index in [2.05, 4.69) is 0 Å². The molecule has 0 N–H and O–H groups in total. The highest BCUT2D eigenvalue weighted by Crippen LogP contribution is 2.17. The van der Waals surface area contributed by atoms with Gasteiger partial charge in [0.2, 0.25) is 0 Å². The van der Waals surface area contributed by atoms with Crippen molar-refractivity contribution in [3.05, 3.63) is 30.1 Å². The lowest BCUT2D eigenvalue weighted by atomic mass is 10.1. The van der Waals surface area contributed by atoms with E-state index < -0.39 is 0 Å². The van der Waals surface area contributed by atoms with Crippen molar-refractivity contribution in [2.45, 2.75) is 18.9 Å². The molecule has 0 bridgehead atoms. The van der Waals surface area contributed by atoms with Crippen molar-refractivity contribution >= 4 is 0 Å². The van der Waals surface area contributed by atoms with Crippen LogP contribution >= 0.6 is 0 Å². The molecule has 3 heteroatoms. The van der Waals surface area contributed by atoms with Gasteiger partial charge in [0.15, 0.2) is 0 Å². The van der Waals surface area contributed by atoms with Crippen LogP contribution in [0.1, 0.15) is 12.8 Å². The zero-order valence-electron chi connectivity index (χ0n) is 7.91. The van der Waals surface area contributed by atoms with Gasteiger partial charge in [-0.05, 0) is 24.3 Å². The van der Waals surface area contributed by atoms with E-state index in [1.54, 1.807) is 12.1 Å². The fraction of sp³-hybridized carbons (Fsp3) is 0.455. The second kappa shape index (κ2) is 4.42. The molecule has 0 aliphatic carbocycles. The summed E-state index contributed by atoms with van der Waals surface area (Å²) in [4.78, 5) is 0. The Hall–Kier alpha value is -1.09. The van der Waals surface area contributed by atoms with Gasteiger partial charge in [0.25, 0.3) is 0 Å². The SMILES string of the molecule is Fc1ccc(OC2CCOCC2)cc1. The van der Waals surface area contributed by atoms with E-state index in [0.29, 0.717) is 0 Å². The van der Waals surface area contributed by atoms with Crippen LogP contribution in [0.5, 0.6) is 5.75 Å². The summed E-state index contributed by atoms with van der Waals surface area (Å²) in [6, 6.07) is 6.14. The number of ether oxygens (including phenoxy) is 2. The first-order valence-corrected chi connectivity index (χ1v) is 4.84. The first-order chi connectivity index (χ1) is 6.84. The molecule has 0 radical (unpaired) electrons. The smallest absolute Gasteiger partial charge is 0.123 e. The third-order valence-corrected chi connectivity index (χ3v) is 2.28. The van der Waals surface area contributed by atoms with Crippen LogP contribution in [-0.4, -0.2) is 19.3 Å². The van der Waals surface area contributed by atoms with E-state index >= 15 is 0 Å². The Morgan fingerprint density at radius 1 is 1.14 bits per heavy atom. The van der Waals surface area contributed by atoms with Gasteiger partial charge in [-0.1, -0.05) is 0 Å². The Bertz CT molecular complexity index is 278. The minimum Gasteiger partial charge on any atom is -0.490 e. The molecule has 0 saturated carbocycles. The van der Waals surface area contributed by atoms with Crippen LogP contribution in [0.15, 0.2) is 24.3 Å². The Morgan fingerprint density at radius 2 is 1.79 bits per heavy atom. The third-order valence-electron chi connectivity index (χ3n) is 2.28. The summed E-state index contributed by atoms with van der Waals surface area (Å²) in [5.41, 5.74) is 0. The molecular weight excluding hydrogens is 183 g/mol. The van der Waals surface area contributed by atoms with E-state index in [9.17, 15) is 4.39 Å². The molecule has 1 aromatic carbocycles. The van der Waals surface area contributed by atoms with E-state index in [1.807, 2.05) is 0 Å². The number of benzene rings is 1. The van der Waals surface area contributed by atoms with Crippen molar-refractivity contribution in [3.8, 4) is 5.75 Å². The van der Waals surface area contributed by atoms with Crippen LogP contribution in [0, 0.1) is 5.82 Å². The number of hydrogen-bond donors (Lipinski definition) is 0. The minimum absolute atomic E-state index is 0.217. The highest BCUT2D eigenvalue weighted by molar-refractivity contribution is 5.22. The van der Waals surface area contributed by atoms with Crippen molar-refractivity contribution in [2.75, 3.05) is 13.2 Å². The predicted molar refractivity (Wildman–Crippen MR) is 50.9 cm³/mol. The van der Waals surface area contributed by atoms with E-state index in [-0.39, 0.29) is 11.9 Å². The molecule has 2 nitrogen and oxygen atoms in total. The van der Waals surface area contributed by atoms with Gasteiger partial charge in [-0.15, -0.1) is 0 Å². The van der Waals surface area contributed by atoms with Gasteiger partial charge in [0, 0.05) is 12.8 Å². The van der Waals surface area contributed by atoms with Gasteiger partial charge in [-0.3, -0.25) is 0 Å². The van der Waals surface area contributed by atoms with Crippen LogP contribution in [0.4, 0.5) is 4.39 Å². The van der Waals surface area contributed by atoms with Crippen molar-refractivity contribution in [1.29, 1.82) is 0 Å². The molecule has 1 heterocycles. The summed E-state index contributed by atoms with van der Waals surface area (Å²) < 4.78 is 23.5. The summed E-state index contributed by atoms with van der Waals surface area (Å²) in [6.45, 7) is 1.51. The van der Waals surface area contributed by atoms with Gasteiger partial charge < -0.3 is 9.47 Å². The van der Waals surface area contributed by atoms with Gasteiger partial charge in [-0.2, -0.15) is 0 Å². The Morgan fingerprint density at radius 3 is 2.43 bits per heavy atom. The fourth-order valence-electron chi connectivity index (χ4n) is 1.50. The second-order valence-electron chi connectivity index (χ2n) is 3.38. The fourth-order valence-corrected chi connectivity index (χ4v) is 1.50. The quantitative estimate of drug-likeness (QED) is 0.723. The highest BCUT2D eigenvalue weighted by Gasteiger charge is 2.14. The summed E-state index contributed by atoms with van der Waals surface area (Å²) in [5, 5.41) is 0. The second-order valence-corrected chi connectivity index (χ2v) is 3.38. The summed E-state index contributed by atoms with van der Waals surface area (Å²) in [7, 11) is 0. The molecule has 0 unspecified atom stereocenters. The topological polar surface area (TPSA) is 18.5 Å². The average molecular weight is 196 g/mol. The molecular formula is C11H13FO2. The van der Waals surface area contributed by atoms with Crippen molar-refractivity contribution in [1.82, 2.24) is 0 Å². The van der Waals surface area contributed by atoms with E-state index in [0.717, 1.165) is 31.8 Å². The molecule has 0 spiro atoms. The van der Waals surface area contributed by atoms with Crippen LogP contribution in [0.3, 0.4) is 0 Å². The molecule has 1 aliphatic heterocycles. The lowest BCUT2D eigenvalue weighted by molar-refractivity contribution is 0.0255. The Balaban J connectivity index is 1.92. The van der Waals surface area contributed by atoms with Crippen LogP contribution in [0.25, 0.3) is 0 Å². The normalized spacial score (nSPS) is 18.1. The summed E-state index contributed by atoms with van der Waals surface area (Å²) in [5.74, 6) is 0.502. The van der Waals surface area contributed by atoms with Crippen LogP contribution in [0.2, 0.25) is 0 Å². The maximum atomic E-state index is 12.6. The molecule has 1 aliphatic rings. The maximum absolute atomic E-state index is 12.6. The predicted octanol–water partition coefficient (Wildman–Crippen LogP) is 2.38. The summed E-state index contributed by atoms with van der Waals surface area (Å²) >= 11 is 0. The number of rotatable bonds is 2. The molecule has 1 fully saturated rings. The third kappa shape index (κ3) is 2.45. The Labute approximate surface area is 82.6 Å². The van der Waals surface area contributed by atoms with Crippen LogP contribution < -0.4 is 4.74 Å². The van der Waals surface area contributed by atoms with Gasteiger partial charge in [-0.25, -0.2) is 4.39 Å². The zero-order valence-corrected chi connectivity index (χ0v) is 7.91. The van der Waals surface area contributed by atoms with Crippen molar-refractivity contribution in [2.24, 2.45) is 0 Å². The highest BCUT2D eigenvalue weighted by atomic mass is 19.1. The maximum Gasteiger partial charge on any atom is 0.123 e. The number of hydrogen-bond acceptors (Lipinski definition) is 2. The molecule has 76 valence electrons. The molecule has 0 atom stereocenters. The van der Waals surface area contributed by atoms with Crippen molar-refractivity contribution < 1.29 is 13.9 Å². The van der Waals surface area contributed by atoms with Crippen LogP contribution in [-0.2, 0) is 4.74 Å². The molecule has 0 aromatic heterocycles. The minimum atomic E-state index is -0.232. The summed E-state index contributed by atoms with van der Waals surface area (Å²) in [6.07, 6.45) is 2.04. The van der Waals surface area contributed by atoms with Gasteiger partial charge >= 0.3 is 0 Å². The van der Waals surface area contributed by atoms with Gasteiger partial charge in [0.05, 0.1) is 13.2 Å². The molecule has 0 amide bonds. The Kier molecular flexibility index (Phi) is 2.99. The van der Waals surface area contributed by atoms with Gasteiger partial charge in [0.1, 0.15) is 17.7 Å².